The third-order valence-corrected chi connectivity index (χ3v) is 3.83. The number of carbonyl (C=O) groups excluding carboxylic acids is 1. The maximum atomic E-state index is 12.3. The van der Waals surface area contributed by atoms with Gasteiger partial charge in [0.2, 0.25) is 0 Å². The lowest BCUT2D eigenvalue weighted by Crippen LogP contribution is -2.23. The highest BCUT2D eigenvalue weighted by Crippen LogP contribution is 2.20. The molecule has 0 aliphatic heterocycles. The first kappa shape index (κ1) is 17.4. The highest BCUT2D eigenvalue weighted by molar-refractivity contribution is 5.94. The minimum atomic E-state index is -0.185. The highest BCUT2D eigenvalue weighted by atomic mass is 16.1. The lowest BCUT2D eigenvalue weighted by atomic mass is 10.2. The van der Waals surface area contributed by atoms with E-state index in [-0.39, 0.29) is 5.91 Å². The fourth-order valence-corrected chi connectivity index (χ4v) is 2.42. The maximum absolute atomic E-state index is 12.3. The second-order valence-electron chi connectivity index (χ2n) is 6.03. The van der Waals surface area contributed by atoms with E-state index in [4.69, 9.17) is 0 Å². The molecule has 132 valence electrons. The molecule has 0 saturated heterocycles. The topological polar surface area (TPSA) is 70.2 Å². The van der Waals surface area contributed by atoms with Crippen LogP contribution in [0.3, 0.4) is 0 Å². The zero-order valence-electron chi connectivity index (χ0n) is 14.8. The van der Waals surface area contributed by atoms with Crippen LogP contribution in [0.15, 0.2) is 67.1 Å². The summed E-state index contributed by atoms with van der Waals surface area (Å²) in [5.41, 5.74) is 4.12. The van der Waals surface area contributed by atoms with E-state index in [1.165, 1.54) is 0 Å². The molecule has 2 heterocycles. The Labute approximate surface area is 152 Å². The van der Waals surface area contributed by atoms with Crippen LogP contribution in [-0.2, 0) is 6.54 Å². The van der Waals surface area contributed by atoms with Gasteiger partial charge in [-0.15, -0.1) is 0 Å². The van der Waals surface area contributed by atoms with E-state index >= 15 is 0 Å². The van der Waals surface area contributed by atoms with Crippen LogP contribution in [0.5, 0.6) is 0 Å². The normalized spacial score (nSPS) is 10.2. The molecule has 1 amide bonds. The molecule has 1 aromatic carbocycles. The van der Waals surface area contributed by atoms with Crippen LogP contribution in [0, 0.1) is 0 Å². The molecule has 0 fully saturated rings. The Morgan fingerprint density at radius 1 is 1.04 bits per heavy atom. The summed E-state index contributed by atoms with van der Waals surface area (Å²) in [4.78, 5) is 22.7. The molecule has 0 unspecified atom stereocenters. The lowest BCUT2D eigenvalue weighted by molar-refractivity contribution is 0.0950. The zero-order valence-corrected chi connectivity index (χ0v) is 14.8. The first-order valence-corrected chi connectivity index (χ1v) is 8.29. The number of nitrogens with one attached hydrogen (secondary N) is 2. The SMILES string of the molecule is CN(C)c1ccc(Nc2cncc(C(=O)NCc3ccccn3)c2)cc1. The van der Waals surface area contributed by atoms with Crippen molar-refractivity contribution >= 4 is 23.0 Å². The molecule has 0 bridgehead atoms. The third-order valence-electron chi connectivity index (χ3n) is 3.83. The lowest BCUT2D eigenvalue weighted by Gasteiger charge is -2.13. The number of carbonyl (C=O) groups is 1. The van der Waals surface area contributed by atoms with Gasteiger partial charge in [0.05, 0.1) is 29.7 Å². The predicted molar refractivity (Wildman–Crippen MR) is 104 cm³/mol. The number of amides is 1. The Morgan fingerprint density at radius 3 is 2.54 bits per heavy atom. The second-order valence-corrected chi connectivity index (χ2v) is 6.03. The van der Waals surface area contributed by atoms with Crippen molar-refractivity contribution in [3.05, 3.63) is 78.4 Å². The Kier molecular flexibility index (Phi) is 5.43. The van der Waals surface area contributed by atoms with E-state index in [1.807, 2.05) is 61.5 Å². The van der Waals surface area contributed by atoms with Gasteiger partial charge >= 0.3 is 0 Å². The van der Waals surface area contributed by atoms with Gasteiger partial charge in [-0.2, -0.15) is 0 Å². The van der Waals surface area contributed by atoms with Crippen LogP contribution in [0.2, 0.25) is 0 Å². The first-order chi connectivity index (χ1) is 12.6. The van der Waals surface area contributed by atoms with Gasteiger partial charge in [0.1, 0.15) is 0 Å². The van der Waals surface area contributed by atoms with Crippen molar-refractivity contribution in [2.24, 2.45) is 0 Å². The monoisotopic (exact) mass is 347 g/mol. The largest absolute Gasteiger partial charge is 0.378 e. The van der Waals surface area contributed by atoms with Gasteiger partial charge in [-0.05, 0) is 42.5 Å². The van der Waals surface area contributed by atoms with Crippen LogP contribution >= 0.6 is 0 Å². The van der Waals surface area contributed by atoms with Crippen LogP contribution in [-0.4, -0.2) is 30.0 Å². The summed E-state index contributed by atoms with van der Waals surface area (Å²) in [5.74, 6) is -0.185. The Morgan fingerprint density at radius 2 is 1.85 bits per heavy atom. The number of rotatable bonds is 6. The summed E-state index contributed by atoms with van der Waals surface area (Å²) in [6.45, 7) is 0.378. The molecular weight excluding hydrogens is 326 g/mol. The summed E-state index contributed by atoms with van der Waals surface area (Å²) < 4.78 is 0. The predicted octanol–water partition coefficient (Wildman–Crippen LogP) is 3.22. The average Bonchev–Trinajstić information content (AvgIpc) is 2.67. The Bertz CT molecular complexity index is 863. The van der Waals surface area contributed by atoms with Gasteiger partial charge in [-0.25, -0.2) is 0 Å². The molecule has 2 aromatic heterocycles. The first-order valence-electron chi connectivity index (χ1n) is 8.29. The standard InChI is InChI=1S/C20H21N5O/c1-25(2)19-8-6-16(7-9-19)24-18-11-15(12-21-13-18)20(26)23-14-17-5-3-4-10-22-17/h3-13,24H,14H2,1-2H3,(H,23,26). The molecule has 6 nitrogen and oxygen atoms in total. The number of aromatic nitrogens is 2. The minimum absolute atomic E-state index is 0.185. The van der Waals surface area contributed by atoms with Crippen molar-refractivity contribution in [1.29, 1.82) is 0 Å². The molecule has 3 aromatic rings. The van der Waals surface area contributed by atoms with Crippen LogP contribution in [0.1, 0.15) is 16.1 Å². The summed E-state index contributed by atoms with van der Waals surface area (Å²) >= 11 is 0. The van der Waals surface area contributed by atoms with Crippen molar-refractivity contribution in [1.82, 2.24) is 15.3 Å². The summed E-state index contributed by atoms with van der Waals surface area (Å²) in [6.07, 6.45) is 4.94. The maximum Gasteiger partial charge on any atom is 0.253 e. The van der Waals surface area contributed by atoms with Gasteiger partial charge in [-0.3, -0.25) is 14.8 Å². The van der Waals surface area contributed by atoms with Crippen molar-refractivity contribution in [3.8, 4) is 0 Å². The van der Waals surface area contributed by atoms with Gasteiger partial charge in [0.15, 0.2) is 0 Å². The van der Waals surface area contributed by atoms with Crippen molar-refractivity contribution in [2.75, 3.05) is 24.3 Å². The third kappa shape index (κ3) is 4.57. The molecule has 2 N–H and O–H groups in total. The van der Waals surface area contributed by atoms with Crippen LogP contribution in [0.4, 0.5) is 17.1 Å². The quantitative estimate of drug-likeness (QED) is 0.716. The molecule has 6 heteroatoms. The second kappa shape index (κ2) is 8.11. The Balaban J connectivity index is 1.64. The molecule has 0 spiro atoms. The van der Waals surface area contributed by atoms with Crippen molar-refractivity contribution in [2.45, 2.75) is 6.54 Å². The average molecular weight is 347 g/mol. The van der Waals surface area contributed by atoms with Gasteiger partial charge in [0.25, 0.3) is 5.91 Å². The van der Waals surface area contributed by atoms with E-state index < -0.39 is 0 Å². The van der Waals surface area contributed by atoms with Crippen LogP contribution < -0.4 is 15.5 Å². The summed E-state index contributed by atoms with van der Waals surface area (Å²) in [6, 6.07) is 15.4. The number of nitrogens with zero attached hydrogens (tertiary/aromatic N) is 3. The molecular formula is C20H21N5O. The van der Waals surface area contributed by atoms with Gasteiger partial charge in [-0.1, -0.05) is 6.07 Å². The van der Waals surface area contributed by atoms with E-state index in [9.17, 15) is 4.79 Å². The van der Waals surface area contributed by atoms with Crippen LogP contribution in [0.25, 0.3) is 0 Å². The van der Waals surface area contributed by atoms with E-state index in [0.29, 0.717) is 12.1 Å². The minimum Gasteiger partial charge on any atom is -0.378 e. The smallest absolute Gasteiger partial charge is 0.253 e. The summed E-state index contributed by atoms with van der Waals surface area (Å²) in [5, 5.41) is 6.12. The van der Waals surface area contributed by atoms with E-state index in [0.717, 1.165) is 22.8 Å². The van der Waals surface area contributed by atoms with Crippen molar-refractivity contribution in [3.63, 3.8) is 0 Å². The molecule has 26 heavy (non-hydrogen) atoms. The van der Waals surface area contributed by atoms with Gasteiger partial charge < -0.3 is 15.5 Å². The Hall–Kier alpha value is -3.41. The fraction of sp³-hybridized carbons (Fsp3) is 0.150. The fourth-order valence-electron chi connectivity index (χ4n) is 2.42. The molecule has 0 atom stereocenters. The number of benzene rings is 1. The van der Waals surface area contributed by atoms with Crippen molar-refractivity contribution < 1.29 is 4.79 Å². The number of hydrogen-bond acceptors (Lipinski definition) is 5. The van der Waals surface area contributed by atoms with Gasteiger partial charge in [0, 0.05) is 37.9 Å². The zero-order chi connectivity index (χ0) is 18.4. The molecule has 0 aliphatic rings. The van der Waals surface area contributed by atoms with E-state index in [2.05, 4.69) is 20.6 Å². The molecule has 0 saturated carbocycles. The molecule has 0 radical (unpaired) electrons. The number of anilines is 3. The molecule has 0 aliphatic carbocycles. The highest BCUT2D eigenvalue weighted by Gasteiger charge is 2.07. The van der Waals surface area contributed by atoms with E-state index in [1.54, 1.807) is 24.7 Å². The number of hydrogen-bond donors (Lipinski definition) is 2. The molecule has 3 rings (SSSR count). The summed E-state index contributed by atoms with van der Waals surface area (Å²) in [7, 11) is 4.00. The number of pyridine rings is 2.